The summed E-state index contributed by atoms with van der Waals surface area (Å²) in [6.45, 7) is 2.68. The number of nitrogens with one attached hydrogen (secondary N) is 1. The second-order valence-corrected chi connectivity index (χ2v) is 4.60. The Morgan fingerprint density at radius 3 is 2.94 bits per heavy atom. The highest BCUT2D eigenvalue weighted by atomic mass is 32.2. The smallest absolute Gasteiger partial charge is 0.235 e. The molecule has 1 atom stereocenters. The summed E-state index contributed by atoms with van der Waals surface area (Å²) in [5, 5.41) is 3.05. The average molecular weight is 254 g/mol. The molecule has 1 aromatic carbocycles. The number of carbonyl (C=O) groups excluding carboxylic acids is 1. The van der Waals surface area contributed by atoms with Crippen LogP contribution in [-0.4, -0.2) is 31.4 Å². The molecule has 5 heteroatoms. The van der Waals surface area contributed by atoms with Crippen molar-refractivity contribution in [1.82, 2.24) is 5.32 Å². The molecule has 1 rings (SSSR count). The van der Waals surface area contributed by atoms with Gasteiger partial charge in [-0.2, -0.15) is 0 Å². The van der Waals surface area contributed by atoms with E-state index in [9.17, 15) is 4.79 Å². The number of likely N-dealkylation sites (N-methyl/N-ethyl adjacent to an activating group) is 1. The standard InChI is InChI=1S/C12H18N2O2S/c1-3-14-11(12(13)15)8-17-10-6-4-5-9(7-10)16-2/h4-7,11,14H,3,8H2,1-2H3,(H2,13,15). The van der Waals surface area contributed by atoms with Crippen molar-refractivity contribution < 1.29 is 9.53 Å². The second-order valence-electron chi connectivity index (χ2n) is 3.50. The first-order valence-electron chi connectivity index (χ1n) is 5.47. The molecule has 0 saturated carbocycles. The zero-order chi connectivity index (χ0) is 12.7. The number of methoxy groups -OCH3 is 1. The highest BCUT2D eigenvalue weighted by molar-refractivity contribution is 7.99. The third-order valence-corrected chi connectivity index (χ3v) is 3.34. The van der Waals surface area contributed by atoms with Gasteiger partial charge in [0.1, 0.15) is 5.75 Å². The van der Waals surface area contributed by atoms with Crippen molar-refractivity contribution in [2.24, 2.45) is 5.73 Å². The van der Waals surface area contributed by atoms with E-state index in [4.69, 9.17) is 10.5 Å². The molecule has 0 spiro atoms. The molecular weight excluding hydrogens is 236 g/mol. The Labute approximate surface area is 106 Å². The molecule has 3 N–H and O–H groups in total. The van der Waals surface area contributed by atoms with Gasteiger partial charge in [0.15, 0.2) is 0 Å². The lowest BCUT2D eigenvalue weighted by Crippen LogP contribution is -2.42. The number of hydrogen-bond donors (Lipinski definition) is 2. The number of hydrogen-bond acceptors (Lipinski definition) is 4. The molecule has 0 bridgehead atoms. The Morgan fingerprint density at radius 2 is 2.35 bits per heavy atom. The van der Waals surface area contributed by atoms with Crippen molar-refractivity contribution in [2.45, 2.75) is 17.9 Å². The number of nitrogens with two attached hydrogens (primary N) is 1. The first-order valence-corrected chi connectivity index (χ1v) is 6.45. The molecule has 0 aromatic heterocycles. The Balaban J connectivity index is 2.55. The monoisotopic (exact) mass is 254 g/mol. The molecule has 0 aliphatic rings. The first kappa shape index (κ1) is 13.9. The van der Waals surface area contributed by atoms with Gasteiger partial charge in [0, 0.05) is 10.6 Å². The van der Waals surface area contributed by atoms with Gasteiger partial charge in [-0.3, -0.25) is 4.79 Å². The number of ether oxygens (including phenoxy) is 1. The van der Waals surface area contributed by atoms with Gasteiger partial charge in [-0.1, -0.05) is 13.0 Å². The normalized spacial score (nSPS) is 12.1. The van der Waals surface area contributed by atoms with Crippen molar-refractivity contribution in [3.8, 4) is 5.75 Å². The van der Waals surface area contributed by atoms with Crippen molar-refractivity contribution in [2.75, 3.05) is 19.4 Å². The highest BCUT2D eigenvalue weighted by Crippen LogP contribution is 2.23. The van der Waals surface area contributed by atoms with Gasteiger partial charge in [-0.25, -0.2) is 0 Å². The summed E-state index contributed by atoms with van der Waals surface area (Å²) >= 11 is 1.58. The van der Waals surface area contributed by atoms with Crippen molar-refractivity contribution in [1.29, 1.82) is 0 Å². The first-order chi connectivity index (χ1) is 8.17. The summed E-state index contributed by atoms with van der Waals surface area (Å²) in [6.07, 6.45) is 0. The van der Waals surface area contributed by atoms with Crippen LogP contribution in [0.3, 0.4) is 0 Å². The van der Waals surface area contributed by atoms with E-state index < -0.39 is 0 Å². The van der Waals surface area contributed by atoms with Crippen LogP contribution in [0.1, 0.15) is 6.92 Å². The minimum absolute atomic E-state index is 0.295. The molecule has 1 amide bonds. The maximum absolute atomic E-state index is 11.2. The van der Waals surface area contributed by atoms with Gasteiger partial charge < -0.3 is 15.8 Å². The summed E-state index contributed by atoms with van der Waals surface area (Å²) in [5.74, 6) is 1.12. The van der Waals surface area contributed by atoms with E-state index in [1.807, 2.05) is 31.2 Å². The Morgan fingerprint density at radius 1 is 1.59 bits per heavy atom. The fourth-order valence-electron chi connectivity index (χ4n) is 1.36. The van der Waals surface area contributed by atoms with Crippen LogP contribution in [0.25, 0.3) is 0 Å². The zero-order valence-corrected chi connectivity index (χ0v) is 10.9. The van der Waals surface area contributed by atoms with Gasteiger partial charge in [-0.15, -0.1) is 11.8 Å². The highest BCUT2D eigenvalue weighted by Gasteiger charge is 2.13. The molecule has 0 heterocycles. The summed E-state index contributed by atoms with van der Waals surface area (Å²) in [5.41, 5.74) is 5.30. The van der Waals surface area contributed by atoms with E-state index in [0.29, 0.717) is 5.75 Å². The largest absolute Gasteiger partial charge is 0.497 e. The SMILES string of the molecule is CCNC(CSc1cccc(OC)c1)C(N)=O. The lowest BCUT2D eigenvalue weighted by molar-refractivity contribution is -0.119. The van der Waals surface area contributed by atoms with Crippen LogP contribution in [0.15, 0.2) is 29.2 Å². The number of rotatable bonds is 7. The maximum Gasteiger partial charge on any atom is 0.235 e. The predicted octanol–water partition coefficient (Wildman–Crippen LogP) is 1.25. The molecule has 4 nitrogen and oxygen atoms in total. The maximum atomic E-state index is 11.2. The minimum Gasteiger partial charge on any atom is -0.497 e. The third kappa shape index (κ3) is 4.66. The molecule has 0 radical (unpaired) electrons. The number of thioether (sulfide) groups is 1. The molecule has 0 fully saturated rings. The van der Waals surface area contributed by atoms with Gasteiger partial charge in [0.25, 0.3) is 0 Å². The minimum atomic E-state index is -0.317. The van der Waals surface area contributed by atoms with Crippen molar-refractivity contribution >= 4 is 17.7 Å². The Bertz CT molecular complexity index is 371. The van der Waals surface area contributed by atoms with Crippen molar-refractivity contribution in [3.05, 3.63) is 24.3 Å². The van der Waals surface area contributed by atoms with Crippen LogP contribution >= 0.6 is 11.8 Å². The zero-order valence-electron chi connectivity index (χ0n) is 10.1. The van der Waals surface area contributed by atoms with Gasteiger partial charge in [0.2, 0.25) is 5.91 Å². The summed E-state index contributed by atoms with van der Waals surface area (Å²) < 4.78 is 5.14. The second kappa shape index (κ2) is 7.19. The van der Waals surface area contributed by atoms with E-state index in [1.165, 1.54) is 0 Å². The summed E-state index contributed by atoms with van der Waals surface area (Å²) in [7, 11) is 1.63. The molecular formula is C12H18N2O2S. The molecule has 1 aromatic rings. The lowest BCUT2D eigenvalue weighted by atomic mass is 10.3. The van der Waals surface area contributed by atoms with E-state index in [-0.39, 0.29) is 11.9 Å². The fraction of sp³-hybridized carbons (Fsp3) is 0.417. The van der Waals surface area contributed by atoms with Crippen LogP contribution in [-0.2, 0) is 4.79 Å². The number of primary amides is 1. The molecule has 0 aliphatic carbocycles. The van der Waals surface area contributed by atoms with Crippen LogP contribution in [0.5, 0.6) is 5.75 Å². The molecule has 0 aliphatic heterocycles. The van der Waals surface area contributed by atoms with Gasteiger partial charge in [-0.05, 0) is 24.7 Å². The number of carbonyl (C=O) groups is 1. The van der Waals surface area contributed by atoms with E-state index in [2.05, 4.69) is 5.32 Å². The quantitative estimate of drug-likeness (QED) is 0.719. The van der Waals surface area contributed by atoms with Crippen LogP contribution in [0.2, 0.25) is 0 Å². The van der Waals surface area contributed by atoms with Crippen LogP contribution in [0.4, 0.5) is 0 Å². The number of amides is 1. The Hall–Kier alpha value is -1.20. The summed E-state index contributed by atoms with van der Waals surface area (Å²) in [4.78, 5) is 12.2. The lowest BCUT2D eigenvalue weighted by Gasteiger charge is -2.13. The summed E-state index contributed by atoms with van der Waals surface area (Å²) in [6, 6.07) is 7.44. The van der Waals surface area contributed by atoms with Crippen LogP contribution < -0.4 is 15.8 Å². The van der Waals surface area contributed by atoms with E-state index in [0.717, 1.165) is 17.2 Å². The number of benzene rings is 1. The van der Waals surface area contributed by atoms with Crippen molar-refractivity contribution in [3.63, 3.8) is 0 Å². The van der Waals surface area contributed by atoms with Gasteiger partial charge in [0.05, 0.1) is 13.2 Å². The predicted molar refractivity (Wildman–Crippen MR) is 70.4 cm³/mol. The topological polar surface area (TPSA) is 64.3 Å². The molecule has 94 valence electrons. The fourth-order valence-corrected chi connectivity index (χ4v) is 2.37. The Kier molecular flexibility index (Phi) is 5.86. The molecule has 1 unspecified atom stereocenters. The van der Waals surface area contributed by atoms with E-state index in [1.54, 1.807) is 18.9 Å². The van der Waals surface area contributed by atoms with Crippen LogP contribution in [0, 0.1) is 0 Å². The van der Waals surface area contributed by atoms with Gasteiger partial charge >= 0.3 is 0 Å². The molecule has 0 saturated heterocycles. The molecule has 17 heavy (non-hydrogen) atoms. The third-order valence-electron chi connectivity index (χ3n) is 2.25. The average Bonchev–Trinajstić information content (AvgIpc) is 2.34. The van der Waals surface area contributed by atoms with E-state index >= 15 is 0 Å².